The molecule has 4 rings (SSSR count). The quantitative estimate of drug-likeness (QED) is 0.225. The molecule has 0 atom stereocenters. The van der Waals surface area contributed by atoms with Gasteiger partial charge in [-0.2, -0.15) is 0 Å². The maximum atomic E-state index is 12.6. The molecule has 0 aliphatic carbocycles. The highest BCUT2D eigenvalue weighted by Gasteiger charge is 2.16. The fourth-order valence-electron chi connectivity index (χ4n) is 3.69. The molecule has 2 aromatic heterocycles. The van der Waals surface area contributed by atoms with E-state index in [1.54, 1.807) is 23.0 Å². The van der Waals surface area contributed by atoms with Gasteiger partial charge in [-0.05, 0) is 63.1 Å². The van der Waals surface area contributed by atoms with Crippen LogP contribution in [-0.2, 0) is 11.8 Å². The Hall–Kier alpha value is -3.58. The summed E-state index contributed by atoms with van der Waals surface area (Å²) in [5.41, 5.74) is 13.3. The number of fused-ring (bicyclic) bond motifs is 1. The normalized spacial score (nSPS) is 10.0. The van der Waals surface area contributed by atoms with Crippen LogP contribution in [0, 0.1) is 20.8 Å². The number of pyridine rings is 1. The standard InChI is InChI=1S/C23H23N3OS.C3H7NO.C2H6/c1-13-6-5-7-14(2)21(13)25-20-9-8-16(24)11-17(20)19-12-26(4)23(27)18-10-15(3)28-22(18)19;1-2-4-3-5;1-2/h5-12,25H,24H2,1-4H3;3H,2H2,1H3,(H,4,5);1-2H3. The van der Waals surface area contributed by atoms with Gasteiger partial charge in [0.15, 0.2) is 0 Å². The van der Waals surface area contributed by atoms with Crippen molar-refractivity contribution in [1.29, 1.82) is 0 Å². The number of carbonyl (C=O) groups is 1. The number of nitrogens with one attached hydrogen (secondary N) is 2. The van der Waals surface area contributed by atoms with E-state index in [0.717, 1.165) is 44.0 Å². The van der Waals surface area contributed by atoms with Crippen LogP contribution in [0.2, 0.25) is 0 Å². The van der Waals surface area contributed by atoms with Crippen LogP contribution < -0.4 is 21.9 Å². The van der Waals surface area contributed by atoms with E-state index in [4.69, 9.17) is 5.73 Å². The number of benzene rings is 2. The average molecular weight is 493 g/mol. The second kappa shape index (κ2) is 12.8. The Labute approximate surface area is 211 Å². The molecule has 0 radical (unpaired) electrons. The zero-order valence-corrected chi connectivity index (χ0v) is 22.5. The fourth-order valence-corrected chi connectivity index (χ4v) is 4.72. The van der Waals surface area contributed by atoms with Gasteiger partial charge in [-0.1, -0.05) is 32.0 Å². The van der Waals surface area contributed by atoms with Crippen molar-refractivity contribution in [3.05, 3.63) is 75.0 Å². The first kappa shape index (κ1) is 27.7. The average Bonchev–Trinajstić information content (AvgIpc) is 3.24. The first-order chi connectivity index (χ1) is 16.8. The summed E-state index contributed by atoms with van der Waals surface area (Å²) in [6.45, 7) is 12.8. The maximum Gasteiger partial charge on any atom is 0.259 e. The Morgan fingerprint density at radius 2 is 1.69 bits per heavy atom. The van der Waals surface area contributed by atoms with Crippen LogP contribution in [0.5, 0.6) is 0 Å². The molecule has 4 aromatic rings. The Bertz CT molecular complexity index is 1340. The van der Waals surface area contributed by atoms with Crippen molar-refractivity contribution >= 4 is 44.9 Å². The van der Waals surface area contributed by atoms with Crippen LogP contribution >= 0.6 is 11.3 Å². The molecule has 2 heterocycles. The number of amides is 1. The largest absolute Gasteiger partial charge is 0.399 e. The van der Waals surface area contributed by atoms with E-state index in [-0.39, 0.29) is 5.56 Å². The summed E-state index contributed by atoms with van der Waals surface area (Å²) >= 11 is 1.64. The van der Waals surface area contributed by atoms with E-state index in [9.17, 15) is 9.59 Å². The summed E-state index contributed by atoms with van der Waals surface area (Å²) in [4.78, 5) is 23.0. The van der Waals surface area contributed by atoms with Gasteiger partial charge in [0.25, 0.3) is 5.56 Å². The number of hydrogen-bond acceptors (Lipinski definition) is 5. The number of aromatic nitrogens is 1. The Kier molecular flexibility index (Phi) is 10.1. The minimum atomic E-state index is 0.0243. The van der Waals surface area contributed by atoms with E-state index < -0.39 is 0 Å². The van der Waals surface area contributed by atoms with Crippen molar-refractivity contribution in [2.45, 2.75) is 41.5 Å². The van der Waals surface area contributed by atoms with E-state index in [1.807, 2.05) is 58.2 Å². The fraction of sp³-hybridized carbons (Fsp3) is 0.286. The monoisotopic (exact) mass is 492 g/mol. The second-order valence-electron chi connectivity index (χ2n) is 7.93. The minimum absolute atomic E-state index is 0.0243. The molecular weight excluding hydrogens is 456 g/mol. The molecule has 186 valence electrons. The summed E-state index contributed by atoms with van der Waals surface area (Å²) in [5, 5.41) is 6.79. The van der Waals surface area contributed by atoms with Crippen molar-refractivity contribution < 1.29 is 4.79 Å². The molecule has 4 N–H and O–H groups in total. The van der Waals surface area contributed by atoms with Crippen LogP contribution in [-0.4, -0.2) is 17.5 Å². The lowest BCUT2D eigenvalue weighted by Crippen LogP contribution is -2.15. The number of aryl methyl sites for hydroxylation is 4. The van der Waals surface area contributed by atoms with Gasteiger partial charge >= 0.3 is 0 Å². The second-order valence-corrected chi connectivity index (χ2v) is 9.19. The van der Waals surface area contributed by atoms with Gasteiger partial charge in [-0.15, -0.1) is 11.3 Å². The van der Waals surface area contributed by atoms with E-state index in [1.165, 1.54) is 11.1 Å². The number of nitrogens with two attached hydrogens (primary N) is 1. The number of para-hydroxylation sites is 1. The van der Waals surface area contributed by atoms with Crippen LogP contribution in [0.25, 0.3) is 21.2 Å². The summed E-state index contributed by atoms with van der Waals surface area (Å²) in [6, 6.07) is 14.1. The molecule has 7 heteroatoms. The van der Waals surface area contributed by atoms with Crippen molar-refractivity contribution in [3.63, 3.8) is 0 Å². The smallest absolute Gasteiger partial charge is 0.259 e. The SMILES string of the molecule is CC.CCNC=O.Cc1cc2c(=O)n(C)cc(-c3cc(N)ccc3Nc3c(C)cccc3C)c2s1. The lowest BCUT2D eigenvalue weighted by atomic mass is 10.0. The molecule has 1 amide bonds. The molecule has 0 fully saturated rings. The molecular formula is C28H36N4O2S. The predicted molar refractivity (Wildman–Crippen MR) is 152 cm³/mol. The number of rotatable bonds is 5. The first-order valence-electron chi connectivity index (χ1n) is 11.8. The summed E-state index contributed by atoms with van der Waals surface area (Å²) < 4.78 is 2.64. The molecule has 0 bridgehead atoms. The molecule has 0 saturated heterocycles. The van der Waals surface area contributed by atoms with Crippen molar-refractivity contribution in [2.24, 2.45) is 7.05 Å². The molecule has 0 aliphatic heterocycles. The summed E-state index contributed by atoms with van der Waals surface area (Å²) in [5.74, 6) is 0. The Morgan fingerprint density at radius 1 is 1.03 bits per heavy atom. The molecule has 2 aromatic carbocycles. The Morgan fingerprint density at radius 3 is 2.26 bits per heavy atom. The number of nitrogens with zero attached hydrogens (tertiary/aromatic N) is 1. The third-order valence-electron chi connectivity index (χ3n) is 5.34. The van der Waals surface area contributed by atoms with Gasteiger partial charge in [-0.25, -0.2) is 0 Å². The van der Waals surface area contributed by atoms with E-state index in [0.29, 0.717) is 12.1 Å². The van der Waals surface area contributed by atoms with E-state index >= 15 is 0 Å². The predicted octanol–water partition coefficient (Wildman–Crippen LogP) is 6.30. The highest BCUT2D eigenvalue weighted by Crippen LogP contribution is 2.39. The van der Waals surface area contributed by atoms with Crippen molar-refractivity contribution in [3.8, 4) is 11.1 Å². The number of carbonyl (C=O) groups excluding carboxylic acids is 1. The van der Waals surface area contributed by atoms with Crippen LogP contribution in [0.4, 0.5) is 17.1 Å². The third-order valence-corrected chi connectivity index (χ3v) is 6.42. The van der Waals surface area contributed by atoms with Gasteiger partial charge in [-0.3, -0.25) is 9.59 Å². The van der Waals surface area contributed by atoms with Crippen LogP contribution in [0.15, 0.2) is 53.5 Å². The minimum Gasteiger partial charge on any atom is -0.399 e. The van der Waals surface area contributed by atoms with Gasteiger partial charge < -0.3 is 20.9 Å². The number of thiophene rings is 1. The lowest BCUT2D eigenvalue weighted by molar-refractivity contribution is -0.109. The topological polar surface area (TPSA) is 89.2 Å². The van der Waals surface area contributed by atoms with Gasteiger partial charge in [0.1, 0.15) is 0 Å². The molecule has 0 unspecified atom stereocenters. The summed E-state index contributed by atoms with van der Waals surface area (Å²) in [7, 11) is 1.79. The molecule has 6 nitrogen and oxygen atoms in total. The number of hydrogen-bond donors (Lipinski definition) is 3. The molecule has 35 heavy (non-hydrogen) atoms. The van der Waals surface area contributed by atoms with E-state index in [2.05, 4.69) is 42.7 Å². The first-order valence-corrected chi connectivity index (χ1v) is 12.6. The van der Waals surface area contributed by atoms with Crippen molar-refractivity contribution in [1.82, 2.24) is 9.88 Å². The highest BCUT2D eigenvalue weighted by molar-refractivity contribution is 7.19. The highest BCUT2D eigenvalue weighted by atomic mass is 32.1. The molecule has 0 aliphatic rings. The molecule has 0 saturated carbocycles. The Balaban J connectivity index is 0.000000551. The molecule has 0 spiro atoms. The third kappa shape index (κ3) is 6.51. The lowest BCUT2D eigenvalue weighted by Gasteiger charge is -2.17. The van der Waals surface area contributed by atoms with Gasteiger partial charge in [0, 0.05) is 57.6 Å². The van der Waals surface area contributed by atoms with Crippen LogP contribution in [0.1, 0.15) is 36.8 Å². The van der Waals surface area contributed by atoms with Gasteiger partial charge in [0.2, 0.25) is 6.41 Å². The zero-order chi connectivity index (χ0) is 26.1. The summed E-state index contributed by atoms with van der Waals surface area (Å²) in [6.07, 6.45) is 2.59. The zero-order valence-electron chi connectivity index (χ0n) is 21.7. The van der Waals surface area contributed by atoms with Gasteiger partial charge in [0.05, 0.1) is 5.39 Å². The van der Waals surface area contributed by atoms with Crippen molar-refractivity contribution in [2.75, 3.05) is 17.6 Å². The maximum absolute atomic E-state index is 12.6. The van der Waals surface area contributed by atoms with Crippen LogP contribution in [0.3, 0.4) is 0 Å². The number of anilines is 3. The number of nitrogen functional groups attached to an aromatic ring is 1.